The van der Waals surface area contributed by atoms with E-state index in [2.05, 4.69) is 46.4 Å². The minimum atomic E-state index is 0.269. The second-order valence-corrected chi connectivity index (χ2v) is 8.35. The number of rotatable bonds is 0. The Labute approximate surface area is 105 Å². The normalized spacial score (nSPS) is 20.8. The maximum atomic E-state index is 2.33. The molecule has 15 heavy (non-hydrogen) atoms. The van der Waals surface area contributed by atoms with Crippen LogP contribution in [0.25, 0.3) is 9.75 Å². The largest absolute Gasteiger partial charge is 0.143 e. The predicted octanol–water partition coefficient (Wildman–Crippen LogP) is 4.47. The molecule has 0 N–H and O–H groups in total. The molecular weight excluding hydrogens is 260 g/mol. The van der Waals surface area contributed by atoms with Crippen LogP contribution in [0.5, 0.6) is 0 Å². The molecule has 0 aromatic carbocycles. The third-order valence-electron chi connectivity index (χ3n) is 2.94. The Hall–Kier alpha value is 0.1000. The van der Waals surface area contributed by atoms with Crippen molar-refractivity contribution in [2.75, 3.05) is 11.5 Å². The third kappa shape index (κ3) is 1.01. The molecule has 4 heteroatoms. The van der Waals surface area contributed by atoms with Crippen molar-refractivity contribution in [3.63, 3.8) is 0 Å². The topological polar surface area (TPSA) is 0 Å². The van der Waals surface area contributed by atoms with Gasteiger partial charge in [0.1, 0.15) is 4.08 Å². The summed E-state index contributed by atoms with van der Waals surface area (Å²) in [6, 6.07) is 4.66. The maximum Gasteiger partial charge on any atom is 0.114 e. The number of thioether (sulfide) groups is 2. The van der Waals surface area contributed by atoms with Crippen LogP contribution in [0.4, 0.5) is 0 Å². The van der Waals surface area contributed by atoms with Gasteiger partial charge < -0.3 is 0 Å². The molecule has 2 aliphatic rings. The summed E-state index contributed by atoms with van der Waals surface area (Å²) in [5, 5.41) is 4.49. The lowest BCUT2D eigenvalue weighted by Crippen LogP contribution is -2.10. The highest BCUT2D eigenvalue weighted by atomic mass is 32.2. The smallest absolute Gasteiger partial charge is 0.114 e. The Morgan fingerprint density at radius 2 is 1.40 bits per heavy atom. The molecule has 1 aliphatic carbocycles. The summed E-state index contributed by atoms with van der Waals surface area (Å²) in [7, 11) is 0. The van der Waals surface area contributed by atoms with Crippen molar-refractivity contribution in [3.05, 3.63) is 34.0 Å². The zero-order chi connectivity index (χ0) is 9.88. The van der Waals surface area contributed by atoms with Gasteiger partial charge in [0, 0.05) is 22.6 Å². The van der Waals surface area contributed by atoms with Crippen molar-refractivity contribution in [2.24, 2.45) is 0 Å². The van der Waals surface area contributed by atoms with E-state index in [9.17, 15) is 0 Å². The van der Waals surface area contributed by atoms with E-state index in [1.165, 1.54) is 21.3 Å². The number of hydrogen-bond donors (Lipinski definition) is 0. The van der Waals surface area contributed by atoms with E-state index in [0.717, 1.165) is 0 Å². The van der Waals surface area contributed by atoms with Gasteiger partial charge in [-0.2, -0.15) is 0 Å². The fraction of sp³-hybridized carbons (Fsp3) is 0.273. The average Bonchev–Trinajstić information content (AvgIpc) is 3.00. The van der Waals surface area contributed by atoms with Crippen LogP contribution in [-0.2, 0) is 4.08 Å². The van der Waals surface area contributed by atoms with E-state index >= 15 is 0 Å². The van der Waals surface area contributed by atoms with Crippen LogP contribution in [-0.4, -0.2) is 11.5 Å². The molecule has 0 amide bonds. The first-order chi connectivity index (χ1) is 7.42. The maximum absolute atomic E-state index is 2.33. The fourth-order valence-corrected chi connectivity index (χ4v) is 8.09. The van der Waals surface area contributed by atoms with Crippen molar-refractivity contribution in [1.82, 2.24) is 0 Å². The molecule has 1 saturated heterocycles. The van der Waals surface area contributed by atoms with Crippen LogP contribution in [0.1, 0.15) is 11.1 Å². The molecule has 1 fully saturated rings. The highest BCUT2D eigenvalue weighted by Gasteiger charge is 2.48. The fourth-order valence-electron chi connectivity index (χ4n) is 2.36. The average molecular weight is 268 g/mol. The monoisotopic (exact) mass is 268 g/mol. The Kier molecular flexibility index (Phi) is 1.87. The third-order valence-corrected chi connectivity index (χ3v) is 8.41. The highest BCUT2D eigenvalue weighted by molar-refractivity contribution is 8.21. The first-order valence-electron chi connectivity index (χ1n) is 4.86. The summed E-state index contributed by atoms with van der Waals surface area (Å²) in [5.41, 5.74) is 3.14. The molecule has 0 unspecified atom stereocenters. The van der Waals surface area contributed by atoms with Crippen LogP contribution in [0, 0.1) is 0 Å². The standard InChI is InChI=1S/C11H8S4/c1-3-12-9-7(1)11(14-5-6-15-11)8-2-4-13-10(8)9/h1-4H,5-6H2. The second-order valence-electron chi connectivity index (χ2n) is 3.64. The molecule has 3 heterocycles. The summed E-state index contributed by atoms with van der Waals surface area (Å²) in [6.07, 6.45) is 0. The predicted molar refractivity (Wildman–Crippen MR) is 73.3 cm³/mol. The van der Waals surface area contributed by atoms with Crippen molar-refractivity contribution >= 4 is 46.2 Å². The van der Waals surface area contributed by atoms with Gasteiger partial charge in [0.25, 0.3) is 0 Å². The minimum Gasteiger partial charge on any atom is -0.143 e. The summed E-state index contributed by atoms with van der Waals surface area (Å²) < 4.78 is 0.269. The molecule has 0 saturated carbocycles. The van der Waals surface area contributed by atoms with Crippen LogP contribution < -0.4 is 0 Å². The van der Waals surface area contributed by atoms with E-state index in [-0.39, 0.29) is 4.08 Å². The van der Waals surface area contributed by atoms with Gasteiger partial charge in [-0.15, -0.1) is 46.2 Å². The van der Waals surface area contributed by atoms with Crippen molar-refractivity contribution in [3.8, 4) is 9.75 Å². The Balaban J connectivity index is 2.09. The lowest BCUT2D eigenvalue weighted by atomic mass is 10.2. The molecule has 2 aromatic rings. The first kappa shape index (κ1) is 9.16. The van der Waals surface area contributed by atoms with Gasteiger partial charge in [0.05, 0.1) is 9.75 Å². The van der Waals surface area contributed by atoms with Gasteiger partial charge in [-0.3, -0.25) is 0 Å². The molecule has 0 radical (unpaired) electrons. The minimum absolute atomic E-state index is 0.269. The molecule has 76 valence electrons. The number of thiophene rings is 2. The van der Waals surface area contributed by atoms with E-state index in [1.807, 2.05) is 22.7 Å². The van der Waals surface area contributed by atoms with E-state index in [1.54, 1.807) is 11.1 Å². The van der Waals surface area contributed by atoms with E-state index in [0.29, 0.717) is 0 Å². The number of fused-ring (bicyclic) bond motifs is 5. The first-order valence-corrected chi connectivity index (χ1v) is 8.59. The van der Waals surface area contributed by atoms with Crippen molar-refractivity contribution < 1.29 is 0 Å². The highest BCUT2D eigenvalue weighted by Crippen LogP contribution is 2.66. The quantitative estimate of drug-likeness (QED) is 0.691. The van der Waals surface area contributed by atoms with Gasteiger partial charge >= 0.3 is 0 Å². The van der Waals surface area contributed by atoms with Crippen LogP contribution in [0.15, 0.2) is 22.9 Å². The summed E-state index contributed by atoms with van der Waals surface area (Å²) >= 11 is 8.05. The van der Waals surface area contributed by atoms with Gasteiger partial charge in [0.15, 0.2) is 0 Å². The van der Waals surface area contributed by atoms with Crippen molar-refractivity contribution in [1.29, 1.82) is 0 Å². The zero-order valence-corrected chi connectivity index (χ0v) is 11.1. The van der Waals surface area contributed by atoms with E-state index < -0.39 is 0 Å². The van der Waals surface area contributed by atoms with E-state index in [4.69, 9.17) is 0 Å². The van der Waals surface area contributed by atoms with Crippen LogP contribution in [0.3, 0.4) is 0 Å². The SMILES string of the molecule is c1cc2c(s1)-c1sccc1C21SCCS1. The molecule has 2 aromatic heterocycles. The summed E-state index contributed by atoms with van der Waals surface area (Å²) in [4.78, 5) is 3.06. The Morgan fingerprint density at radius 1 is 0.867 bits per heavy atom. The molecule has 0 nitrogen and oxygen atoms in total. The molecular formula is C11H8S4. The summed E-state index contributed by atoms with van der Waals surface area (Å²) in [5.74, 6) is 2.57. The van der Waals surface area contributed by atoms with Crippen LogP contribution >= 0.6 is 46.2 Å². The Morgan fingerprint density at radius 3 is 1.93 bits per heavy atom. The van der Waals surface area contributed by atoms with Crippen molar-refractivity contribution in [2.45, 2.75) is 4.08 Å². The second kappa shape index (κ2) is 3.06. The van der Waals surface area contributed by atoms with Gasteiger partial charge in [0.2, 0.25) is 0 Å². The lowest BCUT2D eigenvalue weighted by molar-refractivity contribution is 1.15. The molecule has 0 atom stereocenters. The van der Waals surface area contributed by atoms with Gasteiger partial charge in [-0.25, -0.2) is 0 Å². The molecule has 1 aliphatic heterocycles. The lowest BCUT2D eigenvalue weighted by Gasteiger charge is -2.22. The Bertz CT molecular complexity index is 474. The molecule has 1 spiro atoms. The van der Waals surface area contributed by atoms with Gasteiger partial charge in [-0.1, -0.05) is 0 Å². The van der Waals surface area contributed by atoms with Crippen LogP contribution in [0.2, 0.25) is 0 Å². The van der Waals surface area contributed by atoms with Gasteiger partial charge in [-0.05, 0) is 22.9 Å². The molecule has 0 bridgehead atoms. The zero-order valence-electron chi connectivity index (χ0n) is 7.86. The number of hydrogen-bond acceptors (Lipinski definition) is 4. The summed E-state index contributed by atoms with van der Waals surface area (Å²) in [6.45, 7) is 0. The molecule has 4 rings (SSSR count).